The lowest BCUT2D eigenvalue weighted by atomic mass is 10.3. The van der Waals surface area contributed by atoms with E-state index < -0.39 is 0 Å². The molecule has 1 aromatic carbocycles. The predicted molar refractivity (Wildman–Crippen MR) is 77.4 cm³/mol. The average Bonchev–Trinajstić information content (AvgIpc) is 2.74. The van der Waals surface area contributed by atoms with E-state index in [4.69, 9.17) is 5.73 Å². The number of nitrogens with zero attached hydrogens (tertiary/aromatic N) is 1. The highest BCUT2D eigenvalue weighted by molar-refractivity contribution is 9.10. The van der Waals surface area contributed by atoms with Gasteiger partial charge in [0.25, 0.3) is 0 Å². The molecule has 2 rings (SSSR count). The van der Waals surface area contributed by atoms with Crippen molar-refractivity contribution in [2.24, 2.45) is 10.7 Å². The fourth-order valence-electron chi connectivity index (χ4n) is 1.30. The van der Waals surface area contributed by atoms with Crippen LogP contribution in [-0.4, -0.2) is 5.96 Å². The van der Waals surface area contributed by atoms with Gasteiger partial charge in [-0.2, -0.15) is 0 Å². The number of para-hydroxylation sites is 1. The Morgan fingerprint density at radius 1 is 1.29 bits per heavy atom. The summed E-state index contributed by atoms with van der Waals surface area (Å²) in [5.41, 5.74) is 6.74. The van der Waals surface area contributed by atoms with Crippen LogP contribution in [0.5, 0.6) is 0 Å². The maximum Gasteiger partial charge on any atom is 0.193 e. The van der Waals surface area contributed by atoms with Crippen molar-refractivity contribution in [2.75, 3.05) is 5.32 Å². The number of benzene rings is 1. The summed E-state index contributed by atoms with van der Waals surface area (Å²) in [5, 5.41) is 5.06. The molecule has 0 spiro atoms. The number of aliphatic imine (C=N–C) groups is 1. The second-order valence-electron chi connectivity index (χ2n) is 3.38. The number of guanidine groups is 1. The van der Waals surface area contributed by atoms with Gasteiger partial charge in [-0.25, -0.2) is 4.99 Å². The van der Waals surface area contributed by atoms with Crippen LogP contribution < -0.4 is 11.1 Å². The number of nitrogens with two attached hydrogens (primary N) is 1. The van der Waals surface area contributed by atoms with Crippen molar-refractivity contribution in [3.8, 4) is 0 Å². The zero-order chi connectivity index (χ0) is 12.1. The standard InChI is InChI=1S/C12H12BrN3S/c13-10-6-7-17-11(10)8-15-12(14)16-9-4-2-1-3-5-9/h1-7H,8H2,(H3,14,15,16). The molecule has 5 heteroatoms. The molecule has 0 fully saturated rings. The molecule has 2 aromatic rings. The monoisotopic (exact) mass is 309 g/mol. The maximum absolute atomic E-state index is 5.80. The van der Waals surface area contributed by atoms with Crippen LogP contribution in [0.2, 0.25) is 0 Å². The molecule has 0 unspecified atom stereocenters. The van der Waals surface area contributed by atoms with Crippen molar-refractivity contribution < 1.29 is 0 Å². The van der Waals surface area contributed by atoms with Gasteiger partial charge in [0, 0.05) is 15.0 Å². The van der Waals surface area contributed by atoms with Gasteiger partial charge < -0.3 is 11.1 Å². The Kier molecular flexibility index (Phi) is 4.17. The number of halogens is 1. The Bertz CT molecular complexity index is 507. The molecule has 3 nitrogen and oxygen atoms in total. The van der Waals surface area contributed by atoms with Gasteiger partial charge in [-0.05, 0) is 39.5 Å². The SMILES string of the molecule is NC(=NCc1sccc1Br)Nc1ccccc1. The molecule has 88 valence electrons. The predicted octanol–water partition coefficient (Wildman–Crippen LogP) is 3.44. The third-order valence-corrected chi connectivity index (χ3v) is 4.04. The number of hydrogen-bond donors (Lipinski definition) is 2. The highest BCUT2D eigenvalue weighted by Crippen LogP contribution is 2.23. The molecule has 0 amide bonds. The van der Waals surface area contributed by atoms with Crippen molar-refractivity contribution in [3.05, 3.63) is 51.1 Å². The number of rotatable bonds is 3. The van der Waals surface area contributed by atoms with E-state index in [1.807, 2.05) is 41.8 Å². The van der Waals surface area contributed by atoms with Crippen molar-refractivity contribution in [3.63, 3.8) is 0 Å². The number of thiophene rings is 1. The Morgan fingerprint density at radius 3 is 2.71 bits per heavy atom. The first-order chi connectivity index (χ1) is 8.25. The topological polar surface area (TPSA) is 50.4 Å². The lowest BCUT2D eigenvalue weighted by Crippen LogP contribution is -2.22. The van der Waals surface area contributed by atoms with E-state index in [9.17, 15) is 0 Å². The van der Waals surface area contributed by atoms with Crippen LogP contribution in [0.15, 0.2) is 51.2 Å². The zero-order valence-corrected chi connectivity index (χ0v) is 11.5. The Hall–Kier alpha value is -1.33. The van der Waals surface area contributed by atoms with Crippen LogP contribution in [0.3, 0.4) is 0 Å². The normalized spacial score (nSPS) is 11.5. The van der Waals surface area contributed by atoms with Crippen molar-refractivity contribution in [1.29, 1.82) is 0 Å². The van der Waals surface area contributed by atoms with Gasteiger partial charge in [-0.1, -0.05) is 18.2 Å². The van der Waals surface area contributed by atoms with Crippen LogP contribution in [0, 0.1) is 0 Å². The Labute approximate surface area is 113 Å². The average molecular weight is 310 g/mol. The molecule has 17 heavy (non-hydrogen) atoms. The first kappa shape index (κ1) is 12.1. The van der Waals surface area contributed by atoms with E-state index in [0.29, 0.717) is 12.5 Å². The molecule has 3 N–H and O–H groups in total. The summed E-state index contributed by atoms with van der Waals surface area (Å²) in [5.74, 6) is 0.427. The van der Waals surface area contributed by atoms with Gasteiger partial charge in [0.1, 0.15) is 0 Å². The fourth-order valence-corrected chi connectivity index (χ4v) is 2.70. The summed E-state index contributed by atoms with van der Waals surface area (Å²) in [7, 11) is 0. The molecule has 0 saturated heterocycles. The third-order valence-electron chi connectivity index (χ3n) is 2.13. The van der Waals surface area contributed by atoms with Gasteiger partial charge in [0.05, 0.1) is 6.54 Å². The second kappa shape index (κ2) is 5.84. The van der Waals surface area contributed by atoms with Gasteiger partial charge in [-0.3, -0.25) is 0 Å². The fraction of sp³-hybridized carbons (Fsp3) is 0.0833. The highest BCUT2D eigenvalue weighted by Gasteiger charge is 2.00. The third kappa shape index (κ3) is 3.57. The number of hydrogen-bond acceptors (Lipinski definition) is 2. The quantitative estimate of drug-likeness (QED) is 0.674. The van der Waals surface area contributed by atoms with Crippen molar-refractivity contribution in [1.82, 2.24) is 0 Å². The lowest BCUT2D eigenvalue weighted by molar-refractivity contribution is 1.08. The van der Waals surface area contributed by atoms with E-state index in [0.717, 1.165) is 10.2 Å². The molecule has 0 radical (unpaired) electrons. The van der Waals surface area contributed by atoms with Gasteiger partial charge in [0.2, 0.25) is 0 Å². The van der Waals surface area contributed by atoms with Crippen LogP contribution in [0.25, 0.3) is 0 Å². The summed E-state index contributed by atoms with van der Waals surface area (Å²) in [6, 6.07) is 11.8. The number of nitrogens with one attached hydrogen (secondary N) is 1. The van der Waals surface area contributed by atoms with Crippen LogP contribution in [-0.2, 0) is 6.54 Å². The zero-order valence-electron chi connectivity index (χ0n) is 9.06. The molecule has 0 aliphatic carbocycles. The maximum atomic E-state index is 5.80. The van der Waals surface area contributed by atoms with Crippen LogP contribution >= 0.6 is 27.3 Å². The Morgan fingerprint density at radius 2 is 2.06 bits per heavy atom. The molecule has 0 aliphatic heterocycles. The van der Waals surface area contributed by atoms with E-state index >= 15 is 0 Å². The molecule has 0 atom stereocenters. The van der Waals surface area contributed by atoms with E-state index in [1.54, 1.807) is 11.3 Å². The van der Waals surface area contributed by atoms with Gasteiger partial charge >= 0.3 is 0 Å². The molecule has 0 saturated carbocycles. The van der Waals surface area contributed by atoms with Crippen molar-refractivity contribution in [2.45, 2.75) is 6.54 Å². The largest absolute Gasteiger partial charge is 0.370 e. The first-order valence-electron chi connectivity index (χ1n) is 5.09. The van der Waals surface area contributed by atoms with Crippen LogP contribution in [0.4, 0.5) is 5.69 Å². The van der Waals surface area contributed by atoms with E-state index in [1.165, 1.54) is 4.88 Å². The minimum absolute atomic E-state index is 0.427. The minimum Gasteiger partial charge on any atom is -0.370 e. The molecule has 0 aliphatic rings. The smallest absolute Gasteiger partial charge is 0.193 e. The molecule has 1 aromatic heterocycles. The van der Waals surface area contributed by atoms with E-state index in [2.05, 4.69) is 26.2 Å². The van der Waals surface area contributed by atoms with Gasteiger partial charge in [-0.15, -0.1) is 11.3 Å². The summed E-state index contributed by atoms with van der Waals surface area (Å²) in [6.45, 7) is 0.587. The first-order valence-corrected chi connectivity index (χ1v) is 6.77. The lowest BCUT2D eigenvalue weighted by Gasteiger charge is -2.04. The van der Waals surface area contributed by atoms with E-state index in [-0.39, 0.29) is 0 Å². The summed E-state index contributed by atoms with van der Waals surface area (Å²) in [6.07, 6.45) is 0. The highest BCUT2D eigenvalue weighted by atomic mass is 79.9. The second-order valence-corrected chi connectivity index (χ2v) is 5.24. The van der Waals surface area contributed by atoms with Crippen molar-refractivity contribution >= 4 is 38.9 Å². The minimum atomic E-state index is 0.427. The van der Waals surface area contributed by atoms with Gasteiger partial charge in [0.15, 0.2) is 5.96 Å². The van der Waals surface area contributed by atoms with Crippen LogP contribution in [0.1, 0.15) is 4.88 Å². The Balaban J connectivity index is 1.97. The summed E-state index contributed by atoms with van der Waals surface area (Å²) >= 11 is 5.12. The molecule has 0 bridgehead atoms. The summed E-state index contributed by atoms with van der Waals surface area (Å²) in [4.78, 5) is 5.46. The molecular weight excluding hydrogens is 298 g/mol. The molecule has 1 heterocycles. The summed E-state index contributed by atoms with van der Waals surface area (Å²) < 4.78 is 1.08. The number of anilines is 1. The molecular formula is C12H12BrN3S.